The van der Waals surface area contributed by atoms with Gasteiger partial charge in [-0.2, -0.15) is 0 Å². The topological polar surface area (TPSA) is 35.6 Å². The van der Waals surface area contributed by atoms with Crippen molar-refractivity contribution >= 4 is 28.9 Å². The van der Waals surface area contributed by atoms with Crippen molar-refractivity contribution in [2.24, 2.45) is 17.8 Å². The minimum Gasteiger partial charge on any atom is -0.378 e. The van der Waals surface area contributed by atoms with Crippen LogP contribution in [0.15, 0.2) is 66.7 Å². The molecule has 5 atom stereocenters. The highest BCUT2D eigenvalue weighted by atomic mass is 35.5. The summed E-state index contributed by atoms with van der Waals surface area (Å²) >= 11 is 6.26. The first kappa shape index (κ1) is 23.2. The second-order valence-electron chi connectivity index (χ2n) is 11.5. The van der Waals surface area contributed by atoms with E-state index >= 15 is 0 Å². The van der Waals surface area contributed by atoms with Crippen molar-refractivity contribution in [3.8, 4) is 0 Å². The van der Waals surface area contributed by atoms with Crippen molar-refractivity contribution in [1.29, 1.82) is 0 Å². The largest absolute Gasteiger partial charge is 0.378 e. The van der Waals surface area contributed by atoms with Crippen molar-refractivity contribution in [2.75, 3.05) is 36.4 Å². The molecule has 0 aromatic heterocycles. The van der Waals surface area contributed by atoms with Gasteiger partial charge in [0, 0.05) is 48.1 Å². The number of hydrogen-bond donors (Lipinski definition) is 1. The van der Waals surface area contributed by atoms with Gasteiger partial charge >= 0.3 is 0 Å². The van der Waals surface area contributed by atoms with E-state index in [-0.39, 0.29) is 5.91 Å². The third kappa shape index (κ3) is 3.92. The standard InChI is InChI=1S/C32H34ClN3O/c1-20-7-11-25(33)19-28(20)35-13-15-36(16-14-35)32(37)24-10-12-27-26(18-24)29-22-8-9-23(17-22)30(29)31(34-27)21-5-3-2-4-6-21/h2-7,10-12,18-19,22-23,29-31,34H,8-9,13-17H2,1H3/t22-,23-,29-,30-,31+/m0/s1. The Balaban J connectivity index is 1.13. The van der Waals surface area contributed by atoms with Gasteiger partial charge in [-0.15, -0.1) is 0 Å². The normalized spacial score (nSPS) is 28.0. The molecule has 0 unspecified atom stereocenters. The zero-order chi connectivity index (χ0) is 25.1. The van der Waals surface area contributed by atoms with E-state index in [1.807, 2.05) is 23.1 Å². The van der Waals surface area contributed by atoms with Crippen LogP contribution in [0, 0.1) is 24.7 Å². The number of hydrogen-bond acceptors (Lipinski definition) is 3. The number of amides is 1. The first-order valence-corrected chi connectivity index (χ1v) is 14.2. The summed E-state index contributed by atoms with van der Waals surface area (Å²) in [5, 5.41) is 4.67. The van der Waals surface area contributed by atoms with E-state index < -0.39 is 0 Å². The molecule has 1 amide bonds. The Kier molecular flexibility index (Phi) is 5.69. The molecule has 2 aliphatic heterocycles. The third-order valence-electron chi connectivity index (χ3n) is 9.57. The Hall–Kier alpha value is -2.98. The van der Waals surface area contributed by atoms with Gasteiger partial charge in [-0.05, 0) is 96.9 Å². The minimum absolute atomic E-state index is 0.162. The van der Waals surface area contributed by atoms with Crippen LogP contribution in [0.25, 0.3) is 0 Å². The molecule has 1 saturated heterocycles. The predicted molar refractivity (Wildman–Crippen MR) is 151 cm³/mol. The molecule has 7 rings (SSSR count). The summed E-state index contributed by atoms with van der Waals surface area (Å²) in [6, 6.07) is 23.8. The molecule has 0 spiro atoms. The SMILES string of the molecule is Cc1ccc(Cl)cc1N1CCN(C(=O)c2ccc3c(c2)[C@@H]2[C@H]4CC[C@@H](C4)[C@@H]2[C@@H](c2ccccc2)N3)CC1. The lowest BCUT2D eigenvalue weighted by atomic mass is 9.68. The van der Waals surface area contributed by atoms with Gasteiger partial charge in [-0.3, -0.25) is 4.79 Å². The highest BCUT2D eigenvalue weighted by Crippen LogP contribution is 2.63. The fourth-order valence-corrected chi connectivity index (χ4v) is 8.03. The van der Waals surface area contributed by atoms with Crippen LogP contribution in [0.5, 0.6) is 0 Å². The van der Waals surface area contributed by atoms with Crippen LogP contribution in [0.4, 0.5) is 11.4 Å². The summed E-state index contributed by atoms with van der Waals surface area (Å²) in [5.74, 6) is 2.86. The van der Waals surface area contributed by atoms with Crippen LogP contribution in [-0.4, -0.2) is 37.0 Å². The molecule has 2 aliphatic carbocycles. The molecular formula is C32H34ClN3O. The van der Waals surface area contributed by atoms with Crippen LogP contribution in [0.3, 0.4) is 0 Å². The van der Waals surface area contributed by atoms with Gasteiger partial charge < -0.3 is 15.1 Å². The van der Waals surface area contributed by atoms with Gasteiger partial charge in [0.2, 0.25) is 0 Å². The molecule has 2 saturated carbocycles. The molecule has 3 aromatic carbocycles. The number of nitrogens with one attached hydrogen (secondary N) is 1. The van der Waals surface area contributed by atoms with Crippen LogP contribution in [0.1, 0.15) is 58.3 Å². The number of piperazine rings is 1. The van der Waals surface area contributed by atoms with Crippen molar-refractivity contribution < 1.29 is 4.79 Å². The number of anilines is 2. The van der Waals surface area contributed by atoms with Crippen LogP contribution in [0.2, 0.25) is 5.02 Å². The van der Waals surface area contributed by atoms with Gasteiger partial charge in [0.05, 0.1) is 6.04 Å². The molecule has 0 radical (unpaired) electrons. The second kappa shape index (κ2) is 9.09. The van der Waals surface area contributed by atoms with E-state index in [2.05, 4.69) is 65.7 Å². The zero-order valence-electron chi connectivity index (χ0n) is 21.4. The lowest BCUT2D eigenvalue weighted by Gasteiger charge is -2.44. The maximum absolute atomic E-state index is 13.7. The van der Waals surface area contributed by atoms with Crippen molar-refractivity contribution in [3.63, 3.8) is 0 Å². The highest BCUT2D eigenvalue weighted by Gasteiger charge is 2.53. The molecule has 4 aliphatic rings. The van der Waals surface area contributed by atoms with E-state index in [1.54, 1.807) is 0 Å². The lowest BCUT2D eigenvalue weighted by molar-refractivity contribution is 0.0746. The van der Waals surface area contributed by atoms with Gasteiger partial charge in [-0.25, -0.2) is 0 Å². The number of nitrogens with zero attached hydrogens (tertiary/aromatic N) is 2. The Morgan fingerprint density at radius 3 is 2.51 bits per heavy atom. The molecule has 2 heterocycles. The van der Waals surface area contributed by atoms with Crippen molar-refractivity contribution in [2.45, 2.75) is 38.1 Å². The summed E-state index contributed by atoms with van der Waals surface area (Å²) < 4.78 is 0. The first-order valence-electron chi connectivity index (χ1n) is 13.8. The second-order valence-corrected chi connectivity index (χ2v) is 11.9. The molecule has 1 N–H and O–H groups in total. The molecule has 37 heavy (non-hydrogen) atoms. The zero-order valence-corrected chi connectivity index (χ0v) is 22.1. The molecular weight excluding hydrogens is 478 g/mol. The number of rotatable bonds is 3. The maximum atomic E-state index is 13.7. The van der Waals surface area contributed by atoms with Crippen LogP contribution < -0.4 is 10.2 Å². The first-order chi connectivity index (χ1) is 18.1. The van der Waals surface area contributed by atoms with Crippen molar-refractivity contribution in [1.82, 2.24) is 4.90 Å². The van der Waals surface area contributed by atoms with Crippen LogP contribution in [-0.2, 0) is 0 Å². The number of halogens is 1. The van der Waals surface area contributed by atoms with E-state index in [4.69, 9.17) is 11.6 Å². The Morgan fingerprint density at radius 2 is 1.70 bits per heavy atom. The predicted octanol–water partition coefficient (Wildman–Crippen LogP) is 6.91. The van der Waals surface area contributed by atoms with E-state index in [1.165, 1.54) is 47.3 Å². The number of benzene rings is 3. The molecule has 5 heteroatoms. The fraction of sp³-hybridized carbons (Fsp3) is 0.406. The van der Waals surface area contributed by atoms with E-state index in [9.17, 15) is 4.79 Å². The molecule has 3 aromatic rings. The summed E-state index contributed by atoms with van der Waals surface area (Å²) in [4.78, 5) is 18.0. The average molecular weight is 512 g/mol. The lowest BCUT2D eigenvalue weighted by Crippen LogP contribution is -2.49. The van der Waals surface area contributed by atoms with Crippen molar-refractivity contribution in [3.05, 3.63) is 94.0 Å². The monoisotopic (exact) mass is 511 g/mol. The summed E-state index contributed by atoms with van der Waals surface area (Å²) in [6.07, 6.45) is 4.01. The molecule has 3 fully saturated rings. The van der Waals surface area contributed by atoms with E-state index in [0.717, 1.165) is 48.6 Å². The number of carbonyl (C=O) groups excluding carboxylic acids is 1. The number of fused-ring (bicyclic) bond motifs is 7. The summed E-state index contributed by atoms with van der Waals surface area (Å²) in [7, 11) is 0. The van der Waals surface area contributed by atoms with Gasteiger partial charge in [0.15, 0.2) is 0 Å². The Bertz CT molecular complexity index is 1330. The number of aryl methyl sites for hydroxylation is 1. The fourth-order valence-electron chi connectivity index (χ4n) is 7.87. The quantitative estimate of drug-likeness (QED) is 0.415. The smallest absolute Gasteiger partial charge is 0.253 e. The van der Waals surface area contributed by atoms with Crippen LogP contribution >= 0.6 is 11.6 Å². The van der Waals surface area contributed by atoms with Gasteiger partial charge in [-0.1, -0.05) is 48.0 Å². The van der Waals surface area contributed by atoms with Gasteiger partial charge in [0.25, 0.3) is 5.91 Å². The van der Waals surface area contributed by atoms with Gasteiger partial charge in [0.1, 0.15) is 0 Å². The van der Waals surface area contributed by atoms with E-state index in [0.29, 0.717) is 17.9 Å². The average Bonchev–Trinajstić information content (AvgIpc) is 3.57. The number of carbonyl (C=O) groups is 1. The molecule has 190 valence electrons. The maximum Gasteiger partial charge on any atom is 0.253 e. The highest BCUT2D eigenvalue weighted by molar-refractivity contribution is 6.30. The Morgan fingerprint density at radius 1 is 0.919 bits per heavy atom. The molecule has 4 nitrogen and oxygen atoms in total. The third-order valence-corrected chi connectivity index (χ3v) is 9.81. The summed E-state index contributed by atoms with van der Waals surface area (Å²) in [6.45, 7) is 5.23. The Labute approximate surface area is 224 Å². The molecule has 2 bridgehead atoms. The minimum atomic E-state index is 0.162. The summed E-state index contributed by atoms with van der Waals surface area (Å²) in [5.41, 5.74) is 7.23.